The van der Waals surface area contributed by atoms with E-state index >= 15 is 0 Å². The third-order valence-electron chi connectivity index (χ3n) is 1.20. The molecule has 0 bridgehead atoms. The molecule has 0 rings (SSSR count). The summed E-state index contributed by atoms with van der Waals surface area (Å²) in [4.78, 5) is 20.9. The fraction of sp³-hybridized carbons (Fsp3) is 0.500. The molecule has 0 radical (unpaired) electrons. The number of carbonyl (C=O) groups excluding carboxylic acids is 1. The molecular formula is C8H13NO4S. The molecule has 0 spiro atoms. The average Bonchev–Trinajstić information content (AvgIpc) is 2.02. The molecule has 14 heavy (non-hydrogen) atoms. The molecule has 5 nitrogen and oxygen atoms in total. The van der Waals surface area contributed by atoms with Crippen molar-refractivity contribution in [3.63, 3.8) is 0 Å². The van der Waals surface area contributed by atoms with E-state index in [4.69, 9.17) is 5.11 Å². The second-order valence-corrected chi connectivity index (χ2v) is 3.88. The van der Waals surface area contributed by atoms with E-state index in [1.165, 1.54) is 0 Å². The Hall–Kier alpha value is -1.17. The van der Waals surface area contributed by atoms with E-state index in [-0.39, 0.29) is 5.91 Å². The second kappa shape index (κ2) is 5.54. The fourth-order valence-electron chi connectivity index (χ4n) is 0.648. The van der Waals surface area contributed by atoms with E-state index < -0.39 is 11.7 Å². The predicted molar refractivity (Wildman–Crippen MR) is 54.0 cm³/mol. The molecule has 0 aromatic rings. The van der Waals surface area contributed by atoms with Crippen LogP contribution in [0.1, 0.15) is 13.8 Å². The highest BCUT2D eigenvalue weighted by atomic mass is 32.2. The molecule has 0 fully saturated rings. The molecule has 0 aliphatic carbocycles. The molecule has 0 saturated heterocycles. The standard InChI is InChI=1S/C8H13NO4S/c1-4-6(10)9-8(2,3)5-14-13-7(11)12/h4H,1,5H2,2-3H3,(H,9,10)(H,11,12). The third kappa shape index (κ3) is 6.36. The van der Waals surface area contributed by atoms with E-state index in [0.29, 0.717) is 5.75 Å². The molecule has 0 atom stereocenters. The molecule has 2 N–H and O–H groups in total. The Labute approximate surface area is 86.7 Å². The molecule has 0 aliphatic rings. The zero-order valence-corrected chi connectivity index (χ0v) is 8.89. The lowest BCUT2D eigenvalue weighted by Crippen LogP contribution is -2.44. The van der Waals surface area contributed by atoms with Gasteiger partial charge in [0.1, 0.15) is 0 Å². The Bertz CT molecular complexity index is 239. The van der Waals surface area contributed by atoms with Crippen molar-refractivity contribution in [1.29, 1.82) is 0 Å². The number of carboxylic acid groups (broad SMARTS) is 1. The summed E-state index contributed by atoms with van der Waals surface area (Å²) in [5.74, 6) is 0.0322. The van der Waals surface area contributed by atoms with Gasteiger partial charge in [-0.15, -0.1) is 0 Å². The summed E-state index contributed by atoms with van der Waals surface area (Å²) >= 11 is 0.772. The first kappa shape index (κ1) is 12.8. The van der Waals surface area contributed by atoms with Gasteiger partial charge in [-0.3, -0.25) is 4.79 Å². The van der Waals surface area contributed by atoms with E-state index in [2.05, 4.69) is 16.1 Å². The van der Waals surface area contributed by atoms with Crippen molar-refractivity contribution < 1.29 is 18.9 Å². The minimum atomic E-state index is -1.35. The van der Waals surface area contributed by atoms with Gasteiger partial charge in [-0.25, -0.2) is 4.79 Å². The van der Waals surface area contributed by atoms with Crippen molar-refractivity contribution in [2.75, 3.05) is 5.75 Å². The molecule has 6 heteroatoms. The van der Waals surface area contributed by atoms with Gasteiger partial charge in [-0.1, -0.05) is 6.58 Å². The number of hydrogen-bond acceptors (Lipinski definition) is 4. The van der Waals surface area contributed by atoms with E-state index in [1.54, 1.807) is 13.8 Å². The maximum absolute atomic E-state index is 10.9. The maximum atomic E-state index is 10.9. The highest BCUT2D eigenvalue weighted by Gasteiger charge is 2.20. The van der Waals surface area contributed by atoms with Crippen LogP contribution in [0.25, 0.3) is 0 Å². The van der Waals surface area contributed by atoms with E-state index in [0.717, 1.165) is 18.1 Å². The van der Waals surface area contributed by atoms with E-state index in [1.807, 2.05) is 0 Å². The predicted octanol–water partition coefficient (Wildman–Crippen LogP) is 1.41. The minimum absolute atomic E-state index is 0.300. The lowest BCUT2D eigenvalue weighted by Gasteiger charge is -2.23. The van der Waals surface area contributed by atoms with Crippen LogP contribution in [0, 0.1) is 0 Å². The van der Waals surface area contributed by atoms with Gasteiger partial charge < -0.3 is 14.6 Å². The number of hydrogen-bond donors (Lipinski definition) is 2. The molecule has 0 aliphatic heterocycles. The molecule has 0 saturated carbocycles. The first-order valence-corrected chi connectivity index (χ1v) is 4.75. The molecule has 0 unspecified atom stereocenters. The molecule has 1 amide bonds. The summed E-state index contributed by atoms with van der Waals surface area (Å²) < 4.78 is 4.25. The topological polar surface area (TPSA) is 75.6 Å². The van der Waals surface area contributed by atoms with Crippen molar-refractivity contribution in [3.8, 4) is 0 Å². The molecule has 80 valence electrons. The van der Waals surface area contributed by atoms with Crippen molar-refractivity contribution >= 4 is 24.1 Å². The maximum Gasteiger partial charge on any atom is 0.518 e. The Morgan fingerprint density at radius 3 is 2.64 bits per heavy atom. The van der Waals surface area contributed by atoms with Gasteiger partial charge in [0.2, 0.25) is 5.91 Å². The summed E-state index contributed by atoms with van der Waals surface area (Å²) in [5, 5.41) is 10.8. The summed E-state index contributed by atoms with van der Waals surface area (Å²) in [6.45, 7) is 6.82. The van der Waals surface area contributed by atoms with Crippen LogP contribution >= 0.6 is 12.0 Å². The van der Waals surface area contributed by atoms with Crippen LogP contribution in [0.4, 0.5) is 4.79 Å². The average molecular weight is 219 g/mol. The lowest BCUT2D eigenvalue weighted by atomic mass is 10.1. The summed E-state index contributed by atoms with van der Waals surface area (Å²) in [6.07, 6.45) is -0.189. The second-order valence-electron chi connectivity index (χ2n) is 3.19. The normalized spacial score (nSPS) is 10.4. The first-order chi connectivity index (χ1) is 6.37. The minimum Gasteiger partial charge on any atom is -0.449 e. The lowest BCUT2D eigenvalue weighted by molar-refractivity contribution is -0.117. The summed E-state index contributed by atoms with van der Waals surface area (Å²) in [5.41, 5.74) is -0.536. The number of nitrogens with one attached hydrogen (secondary N) is 1. The summed E-state index contributed by atoms with van der Waals surface area (Å²) in [6, 6.07) is 0. The van der Waals surface area contributed by atoms with Crippen LogP contribution in [0.2, 0.25) is 0 Å². The van der Waals surface area contributed by atoms with Crippen LogP contribution in [0.3, 0.4) is 0 Å². The molecule has 0 aromatic heterocycles. The van der Waals surface area contributed by atoms with Gasteiger partial charge in [0.25, 0.3) is 0 Å². The molecular weight excluding hydrogens is 206 g/mol. The fourth-order valence-corrected chi connectivity index (χ4v) is 1.17. The number of amides is 1. The van der Waals surface area contributed by atoms with Crippen LogP contribution < -0.4 is 5.32 Å². The molecule has 0 heterocycles. The van der Waals surface area contributed by atoms with Crippen LogP contribution in [-0.2, 0) is 8.98 Å². The van der Waals surface area contributed by atoms with Gasteiger partial charge in [-0.2, -0.15) is 0 Å². The third-order valence-corrected chi connectivity index (χ3v) is 2.30. The largest absolute Gasteiger partial charge is 0.518 e. The van der Waals surface area contributed by atoms with Crippen LogP contribution in [-0.4, -0.2) is 28.5 Å². The molecule has 0 aromatic carbocycles. The van der Waals surface area contributed by atoms with Gasteiger partial charge in [0, 0.05) is 5.54 Å². The van der Waals surface area contributed by atoms with Gasteiger partial charge in [0.05, 0.1) is 17.8 Å². The number of rotatable bonds is 5. The Morgan fingerprint density at radius 2 is 2.21 bits per heavy atom. The van der Waals surface area contributed by atoms with Gasteiger partial charge >= 0.3 is 6.16 Å². The highest BCUT2D eigenvalue weighted by molar-refractivity contribution is 7.95. The van der Waals surface area contributed by atoms with Crippen molar-refractivity contribution in [1.82, 2.24) is 5.32 Å². The SMILES string of the molecule is C=CC(=O)NC(C)(C)CSOC(=O)O. The van der Waals surface area contributed by atoms with Crippen molar-refractivity contribution in [2.24, 2.45) is 0 Å². The Kier molecular flexibility index (Phi) is 5.07. The Morgan fingerprint density at radius 1 is 1.64 bits per heavy atom. The zero-order chi connectivity index (χ0) is 11.2. The Balaban J connectivity index is 3.88. The van der Waals surface area contributed by atoms with Gasteiger partial charge in [0.15, 0.2) is 0 Å². The number of carbonyl (C=O) groups is 2. The summed E-state index contributed by atoms with van der Waals surface area (Å²) in [7, 11) is 0. The smallest absolute Gasteiger partial charge is 0.449 e. The van der Waals surface area contributed by atoms with E-state index in [9.17, 15) is 9.59 Å². The first-order valence-electron chi connectivity index (χ1n) is 3.84. The zero-order valence-electron chi connectivity index (χ0n) is 8.07. The quantitative estimate of drug-likeness (QED) is 0.540. The monoisotopic (exact) mass is 219 g/mol. The van der Waals surface area contributed by atoms with Crippen molar-refractivity contribution in [3.05, 3.63) is 12.7 Å². The van der Waals surface area contributed by atoms with Crippen LogP contribution in [0.5, 0.6) is 0 Å². The van der Waals surface area contributed by atoms with Crippen molar-refractivity contribution in [2.45, 2.75) is 19.4 Å². The van der Waals surface area contributed by atoms with Gasteiger partial charge in [-0.05, 0) is 19.9 Å². The highest BCUT2D eigenvalue weighted by Crippen LogP contribution is 2.13. The van der Waals surface area contributed by atoms with Crippen LogP contribution in [0.15, 0.2) is 12.7 Å².